The Kier molecular flexibility index (Phi) is 5.35. The molecule has 0 atom stereocenters. The molecule has 21 heavy (non-hydrogen) atoms. The Hall–Kier alpha value is -1.41. The third kappa shape index (κ3) is 4.53. The highest BCUT2D eigenvalue weighted by Crippen LogP contribution is 2.18. The van der Waals surface area contributed by atoms with Crippen molar-refractivity contribution in [2.45, 2.75) is 18.4 Å². The van der Waals surface area contributed by atoms with Gasteiger partial charge in [-0.25, -0.2) is 13.1 Å². The fourth-order valence-corrected chi connectivity index (χ4v) is 3.64. The molecule has 0 fully saturated rings. The van der Waals surface area contributed by atoms with Crippen LogP contribution in [-0.2, 0) is 16.6 Å². The number of nitrogens with one attached hydrogen (secondary N) is 1. The molecule has 1 aromatic heterocycles. The third-order valence-electron chi connectivity index (χ3n) is 2.73. The smallest absolute Gasteiger partial charge is 0.240 e. The quantitative estimate of drug-likeness (QED) is 0.814. The topological polar surface area (TPSA) is 75.6 Å². The van der Waals surface area contributed by atoms with E-state index >= 15 is 0 Å². The minimum Gasteiger partial charge on any atom is -0.491 e. The molecule has 7 heteroatoms. The number of ether oxygens (including phenoxy) is 1. The van der Waals surface area contributed by atoms with E-state index in [9.17, 15) is 8.42 Å². The predicted molar refractivity (Wildman–Crippen MR) is 82.1 cm³/mol. The standard InChI is InChI=1S/C14H17NO4S2/c1-11-2-5-13(20-11)10-15-21(17,18)14-6-3-12(4-7-14)19-9-8-16/h2-7,15-16H,8-10H2,1H3. The van der Waals surface area contributed by atoms with Gasteiger partial charge >= 0.3 is 0 Å². The zero-order valence-electron chi connectivity index (χ0n) is 11.6. The Morgan fingerprint density at radius 1 is 1.19 bits per heavy atom. The van der Waals surface area contributed by atoms with Gasteiger partial charge in [-0.3, -0.25) is 0 Å². The first-order valence-electron chi connectivity index (χ1n) is 6.40. The third-order valence-corrected chi connectivity index (χ3v) is 5.14. The van der Waals surface area contributed by atoms with Crippen molar-refractivity contribution >= 4 is 21.4 Å². The lowest BCUT2D eigenvalue weighted by Crippen LogP contribution is -2.22. The molecule has 1 heterocycles. The van der Waals surface area contributed by atoms with Gasteiger partial charge in [0.05, 0.1) is 11.5 Å². The Morgan fingerprint density at radius 3 is 2.48 bits per heavy atom. The summed E-state index contributed by atoms with van der Waals surface area (Å²) < 4.78 is 32.1. The van der Waals surface area contributed by atoms with Gasteiger partial charge < -0.3 is 9.84 Å². The van der Waals surface area contributed by atoms with E-state index in [0.29, 0.717) is 5.75 Å². The Labute approximate surface area is 128 Å². The fourth-order valence-electron chi connectivity index (χ4n) is 1.71. The summed E-state index contributed by atoms with van der Waals surface area (Å²) in [5.41, 5.74) is 0. The summed E-state index contributed by atoms with van der Waals surface area (Å²) in [6.45, 7) is 2.36. The Bertz CT molecular complexity index is 677. The van der Waals surface area contributed by atoms with Crippen molar-refractivity contribution in [2.24, 2.45) is 0 Å². The molecule has 5 nitrogen and oxygen atoms in total. The number of aliphatic hydroxyl groups is 1. The van der Waals surface area contributed by atoms with Crippen molar-refractivity contribution in [3.63, 3.8) is 0 Å². The summed E-state index contributed by atoms with van der Waals surface area (Å²) in [7, 11) is -3.53. The van der Waals surface area contributed by atoms with Crippen LogP contribution in [0.4, 0.5) is 0 Å². The molecule has 0 amide bonds. The van der Waals surface area contributed by atoms with E-state index in [4.69, 9.17) is 9.84 Å². The van der Waals surface area contributed by atoms with Gasteiger partial charge in [-0.05, 0) is 43.3 Å². The number of hydrogen-bond acceptors (Lipinski definition) is 5. The average Bonchev–Trinajstić information content (AvgIpc) is 2.89. The van der Waals surface area contributed by atoms with Gasteiger partial charge in [0.25, 0.3) is 0 Å². The van der Waals surface area contributed by atoms with Crippen LogP contribution in [0.1, 0.15) is 9.75 Å². The second kappa shape index (κ2) is 7.04. The second-order valence-corrected chi connectivity index (χ2v) is 7.52. The molecular formula is C14H17NO4S2. The van der Waals surface area contributed by atoms with Crippen molar-refractivity contribution in [1.29, 1.82) is 0 Å². The summed E-state index contributed by atoms with van der Waals surface area (Å²) in [5, 5.41) is 8.66. The molecule has 0 saturated heterocycles. The average molecular weight is 327 g/mol. The molecule has 0 unspecified atom stereocenters. The van der Waals surface area contributed by atoms with E-state index in [2.05, 4.69) is 4.72 Å². The minimum atomic E-state index is -3.53. The SMILES string of the molecule is Cc1ccc(CNS(=O)(=O)c2ccc(OCCO)cc2)s1. The highest BCUT2D eigenvalue weighted by atomic mass is 32.2. The Balaban J connectivity index is 2.01. The number of thiophene rings is 1. The van der Waals surface area contributed by atoms with E-state index in [1.165, 1.54) is 12.1 Å². The summed E-state index contributed by atoms with van der Waals surface area (Å²) in [6.07, 6.45) is 0. The maximum absolute atomic E-state index is 12.2. The molecule has 114 valence electrons. The Morgan fingerprint density at radius 2 is 1.90 bits per heavy atom. The van der Waals surface area contributed by atoms with Gasteiger partial charge in [0.15, 0.2) is 0 Å². The fraction of sp³-hybridized carbons (Fsp3) is 0.286. The van der Waals surface area contributed by atoms with Gasteiger partial charge in [-0.1, -0.05) is 0 Å². The monoisotopic (exact) mass is 327 g/mol. The van der Waals surface area contributed by atoms with Gasteiger partial charge in [-0.2, -0.15) is 0 Å². The molecule has 0 aliphatic heterocycles. The molecule has 0 spiro atoms. The van der Waals surface area contributed by atoms with Crippen molar-refractivity contribution in [3.8, 4) is 5.75 Å². The minimum absolute atomic E-state index is 0.0815. The maximum atomic E-state index is 12.2. The number of aliphatic hydroxyl groups excluding tert-OH is 1. The van der Waals surface area contributed by atoms with Crippen LogP contribution in [-0.4, -0.2) is 26.7 Å². The lowest BCUT2D eigenvalue weighted by atomic mass is 10.3. The van der Waals surface area contributed by atoms with Crippen molar-refractivity contribution in [3.05, 3.63) is 46.2 Å². The molecule has 2 aromatic rings. The summed E-state index contributed by atoms with van der Waals surface area (Å²) in [4.78, 5) is 2.31. The number of rotatable bonds is 7. The number of aryl methyl sites for hydroxylation is 1. The number of hydrogen-bond donors (Lipinski definition) is 2. The van der Waals surface area contributed by atoms with E-state index in [0.717, 1.165) is 9.75 Å². The highest BCUT2D eigenvalue weighted by Gasteiger charge is 2.14. The van der Waals surface area contributed by atoms with E-state index < -0.39 is 10.0 Å². The van der Waals surface area contributed by atoms with Crippen LogP contribution in [0.5, 0.6) is 5.75 Å². The van der Waals surface area contributed by atoms with Crippen molar-refractivity contribution in [2.75, 3.05) is 13.2 Å². The summed E-state index contributed by atoms with van der Waals surface area (Å²) in [6, 6.07) is 9.97. The van der Waals surface area contributed by atoms with Crippen LogP contribution in [0.25, 0.3) is 0 Å². The van der Waals surface area contributed by atoms with Gasteiger partial charge in [-0.15, -0.1) is 11.3 Å². The number of benzene rings is 1. The molecule has 0 aliphatic rings. The molecular weight excluding hydrogens is 310 g/mol. The van der Waals surface area contributed by atoms with Crippen LogP contribution in [0.3, 0.4) is 0 Å². The van der Waals surface area contributed by atoms with Gasteiger partial charge in [0.2, 0.25) is 10.0 Å². The predicted octanol–water partition coefficient (Wildman–Crippen LogP) is 1.91. The van der Waals surface area contributed by atoms with Crippen molar-refractivity contribution < 1.29 is 18.3 Å². The zero-order valence-corrected chi connectivity index (χ0v) is 13.2. The van der Waals surface area contributed by atoms with Crippen LogP contribution < -0.4 is 9.46 Å². The van der Waals surface area contributed by atoms with Gasteiger partial charge in [0.1, 0.15) is 12.4 Å². The van der Waals surface area contributed by atoms with E-state index in [1.54, 1.807) is 23.5 Å². The number of sulfonamides is 1. The molecule has 0 saturated carbocycles. The molecule has 0 radical (unpaired) electrons. The molecule has 0 aliphatic carbocycles. The second-order valence-electron chi connectivity index (χ2n) is 4.38. The molecule has 2 rings (SSSR count). The van der Waals surface area contributed by atoms with Crippen LogP contribution in [0.2, 0.25) is 0 Å². The lowest BCUT2D eigenvalue weighted by molar-refractivity contribution is 0.201. The first kappa shape index (κ1) is 16.0. The van der Waals surface area contributed by atoms with Crippen LogP contribution >= 0.6 is 11.3 Å². The normalized spacial score (nSPS) is 11.5. The van der Waals surface area contributed by atoms with E-state index in [-0.39, 0.29) is 24.7 Å². The molecule has 1 aromatic carbocycles. The van der Waals surface area contributed by atoms with Crippen LogP contribution in [0, 0.1) is 6.92 Å². The lowest BCUT2D eigenvalue weighted by Gasteiger charge is -2.07. The summed E-state index contributed by atoms with van der Waals surface area (Å²) in [5.74, 6) is 0.525. The first-order chi connectivity index (χ1) is 10.0. The largest absolute Gasteiger partial charge is 0.491 e. The maximum Gasteiger partial charge on any atom is 0.240 e. The van der Waals surface area contributed by atoms with Crippen molar-refractivity contribution in [1.82, 2.24) is 4.72 Å². The first-order valence-corrected chi connectivity index (χ1v) is 8.70. The highest BCUT2D eigenvalue weighted by molar-refractivity contribution is 7.89. The van der Waals surface area contributed by atoms with Crippen LogP contribution in [0.15, 0.2) is 41.3 Å². The molecule has 0 bridgehead atoms. The zero-order chi connectivity index (χ0) is 15.3. The summed E-state index contributed by atoms with van der Waals surface area (Å²) >= 11 is 1.56. The van der Waals surface area contributed by atoms with E-state index in [1.807, 2.05) is 19.1 Å². The van der Waals surface area contributed by atoms with Gasteiger partial charge in [0, 0.05) is 16.3 Å². The molecule has 2 N–H and O–H groups in total.